The van der Waals surface area contributed by atoms with Gasteiger partial charge in [0.15, 0.2) is 5.78 Å². The average molecular weight is 297 g/mol. The highest BCUT2D eigenvalue weighted by atomic mass is 35.5. The van der Waals surface area contributed by atoms with Crippen LogP contribution < -0.4 is 5.32 Å². The van der Waals surface area contributed by atoms with Crippen LogP contribution in [0.25, 0.3) is 0 Å². The largest absolute Gasteiger partial charge is 0.507 e. The Balaban J connectivity index is 2.31. The number of halogens is 1. The molecule has 4 nitrogen and oxygen atoms in total. The maximum Gasteiger partial charge on any atom is 0.183 e. The number of aryl methyl sites for hydroxylation is 1. The van der Waals surface area contributed by atoms with Crippen molar-refractivity contribution in [2.45, 2.75) is 26.8 Å². The molecule has 0 aliphatic carbocycles. The van der Waals surface area contributed by atoms with Crippen LogP contribution in [0, 0.1) is 13.8 Å². The van der Waals surface area contributed by atoms with Crippen molar-refractivity contribution in [2.24, 2.45) is 0 Å². The Morgan fingerprint density at radius 2 is 2.00 bits per heavy atom. The molecule has 0 spiro atoms. The molecule has 1 fully saturated rings. The van der Waals surface area contributed by atoms with E-state index in [0.29, 0.717) is 16.1 Å². The Labute approximate surface area is 124 Å². The normalized spacial score (nSPS) is 18.0. The fraction of sp³-hybridized carbons (Fsp3) is 0.533. The van der Waals surface area contributed by atoms with Crippen molar-refractivity contribution in [2.75, 3.05) is 26.2 Å². The highest BCUT2D eigenvalue weighted by Crippen LogP contribution is 2.32. The third-order valence-electron chi connectivity index (χ3n) is 3.98. The molecular formula is C15H21ClN2O2. The number of ketones is 1. The minimum absolute atomic E-state index is 0.0244. The average Bonchev–Trinajstić information content (AvgIpc) is 2.45. The molecule has 1 saturated heterocycles. The van der Waals surface area contributed by atoms with Crippen LogP contribution in [-0.2, 0) is 0 Å². The number of Topliss-reactive ketones (excluding diaryl/α,β-unsaturated/α-hetero) is 1. The molecule has 110 valence electrons. The number of nitrogens with zero attached hydrogens (tertiary/aromatic N) is 1. The van der Waals surface area contributed by atoms with Crippen LogP contribution in [0.4, 0.5) is 0 Å². The second-order valence-electron chi connectivity index (χ2n) is 5.35. The zero-order valence-corrected chi connectivity index (χ0v) is 12.9. The molecule has 1 aromatic carbocycles. The van der Waals surface area contributed by atoms with E-state index in [-0.39, 0.29) is 17.6 Å². The third-order valence-corrected chi connectivity index (χ3v) is 4.57. The van der Waals surface area contributed by atoms with Gasteiger partial charge in [-0.05, 0) is 38.0 Å². The van der Waals surface area contributed by atoms with Gasteiger partial charge in [0.05, 0.1) is 11.6 Å². The topological polar surface area (TPSA) is 52.6 Å². The molecule has 1 aromatic rings. The third kappa shape index (κ3) is 2.82. The summed E-state index contributed by atoms with van der Waals surface area (Å²) >= 11 is 6.20. The number of hydrogen-bond donors (Lipinski definition) is 2. The van der Waals surface area contributed by atoms with Crippen molar-refractivity contribution in [3.63, 3.8) is 0 Å². The number of rotatable bonds is 3. The molecule has 1 aliphatic rings. The molecule has 1 unspecified atom stereocenters. The quantitative estimate of drug-likeness (QED) is 0.839. The van der Waals surface area contributed by atoms with E-state index < -0.39 is 0 Å². The number of carbonyl (C=O) groups excluding carboxylic acids is 1. The fourth-order valence-electron chi connectivity index (χ4n) is 2.69. The summed E-state index contributed by atoms with van der Waals surface area (Å²) in [4.78, 5) is 14.8. The summed E-state index contributed by atoms with van der Waals surface area (Å²) in [5, 5.41) is 13.9. The Bertz CT molecular complexity index is 525. The smallest absolute Gasteiger partial charge is 0.183 e. The summed E-state index contributed by atoms with van der Waals surface area (Å²) in [7, 11) is 0. The maximum absolute atomic E-state index is 12.7. The molecular weight excluding hydrogens is 276 g/mol. The first-order chi connectivity index (χ1) is 9.43. The molecule has 0 saturated carbocycles. The molecule has 2 rings (SSSR count). The lowest BCUT2D eigenvalue weighted by Gasteiger charge is -2.32. The van der Waals surface area contributed by atoms with Gasteiger partial charge < -0.3 is 10.4 Å². The van der Waals surface area contributed by atoms with E-state index in [1.165, 1.54) is 0 Å². The molecule has 0 radical (unpaired) electrons. The first kappa shape index (κ1) is 15.3. The van der Waals surface area contributed by atoms with Crippen molar-refractivity contribution in [1.29, 1.82) is 0 Å². The molecule has 0 aromatic heterocycles. The second-order valence-corrected chi connectivity index (χ2v) is 5.73. The van der Waals surface area contributed by atoms with Crippen LogP contribution in [-0.4, -0.2) is 48.0 Å². The molecule has 20 heavy (non-hydrogen) atoms. The van der Waals surface area contributed by atoms with E-state index in [1.54, 1.807) is 13.0 Å². The number of aromatic hydroxyl groups is 1. The lowest BCUT2D eigenvalue weighted by atomic mass is 9.96. The van der Waals surface area contributed by atoms with Gasteiger partial charge in [-0.3, -0.25) is 9.69 Å². The highest BCUT2D eigenvalue weighted by molar-refractivity contribution is 6.32. The number of hydrogen-bond acceptors (Lipinski definition) is 4. The van der Waals surface area contributed by atoms with Gasteiger partial charge in [0, 0.05) is 31.2 Å². The van der Waals surface area contributed by atoms with Gasteiger partial charge in [0.2, 0.25) is 0 Å². The number of phenols is 1. The molecule has 0 amide bonds. The Morgan fingerprint density at radius 3 is 2.60 bits per heavy atom. The summed E-state index contributed by atoms with van der Waals surface area (Å²) in [6.45, 7) is 8.95. The molecule has 2 N–H and O–H groups in total. The van der Waals surface area contributed by atoms with Crippen LogP contribution >= 0.6 is 11.6 Å². The fourth-order valence-corrected chi connectivity index (χ4v) is 2.84. The van der Waals surface area contributed by atoms with E-state index in [1.807, 2.05) is 13.8 Å². The van der Waals surface area contributed by atoms with Crippen molar-refractivity contribution < 1.29 is 9.90 Å². The zero-order valence-electron chi connectivity index (χ0n) is 12.2. The summed E-state index contributed by atoms with van der Waals surface area (Å²) in [6, 6.07) is 1.31. The predicted molar refractivity (Wildman–Crippen MR) is 80.8 cm³/mol. The van der Waals surface area contributed by atoms with Crippen molar-refractivity contribution >= 4 is 17.4 Å². The second kappa shape index (κ2) is 6.12. The number of carbonyl (C=O) groups is 1. The summed E-state index contributed by atoms with van der Waals surface area (Å²) in [5.41, 5.74) is 1.80. The minimum atomic E-state index is -0.250. The Hall–Kier alpha value is -1.10. The van der Waals surface area contributed by atoms with Gasteiger partial charge >= 0.3 is 0 Å². The Morgan fingerprint density at radius 1 is 1.40 bits per heavy atom. The van der Waals surface area contributed by atoms with Gasteiger partial charge in [-0.25, -0.2) is 0 Å². The van der Waals surface area contributed by atoms with Crippen molar-refractivity contribution in [3.05, 3.63) is 27.8 Å². The first-order valence-electron chi connectivity index (χ1n) is 6.91. The first-order valence-corrected chi connectivity index (χ1v) is 7.29. The van der Waals surface area contributed by atoms with Crippen molar-refractivity contribution in [3.8, 4) is 5.75 Å². The van der Waals surface area contributed by atoms with Gasteiger partial charge in [-0.1, -0.05) is 11.6 Å². The Kier molecular flexibility index (Phi) is 4.68. The van der Waals surface area contributed by atoms with E-state index >= 15 is 0 Å². The van der Waals surface area contributed by atoms with E-state index in [2.05, 4.69) is 10.2 Å². The van der Waals surface area contributed by atoms with Gasteiger partial charge in [0.25, 0.3) is 0 Å². The number of phenolic OH excluding ortho intramolecular Hbond substituents is 1. The van der Waals surface area contributed by atoms with Crippen molar-refractivity contribution in [1.82, 2.24) is 10.2 Å². The SMILES string of the molecule is Cc1cc(O)c(C(=O)C(C)N2CCNCC2)c(C)c1Cl. The minimum Gasteiger partial charge on any atom is -0.507 e. The number of benzene rings is 1. The van der Waals surface area contributed by atoms with Gasteiger partial charge in [0.1, 0.15) is 5.75 Å². The summed E-state index contributed by atoms with van der Waals surface area (Å²) in [6.07, 6.45) is 0. The molecule has 1 aliphatic heterocycles. The molecule has 1 heterocycles. The number of nitrogens with one attached hydrogen (secondary N) is 1. The highest BCUT2D eigenvalue weighted by Gasteiger charge is 2.27. The van der Waals surface area contributed by atoms with E-state index in [0.717, 1.165) is 31.7 Å². The van der Waals surface area contributed by atoms with Crippen LogP contribution in [0.15, 0.2) is 6.07 Å². The summed E-state index contributed by atoms with van der Waals surface area (Å²) < 4.78 is 0. The van der Waals surface area contributed by atoms with Crippen LogP contribution in [0.5, 0.6) is 5.75 Å². The van der Waals surface area contributed by atoms with Gasteiger partial charge in [-0.2, -0.15) is 0 Å². The lowest BCUT2D eigenvalue weighted by Crippen LogP contribution is -2.50. The van der Waals surface area contributed by atoms with Crippen LogP contribution in [0.3, 0.4) is 0 Å². The lowest BCUT2D eigenvalue weighted by molar-refractivity contribution is 0.0817. The monoisotopic (exact) mass is 296 g/mol. The van der Waals surface area contributed by atoms with Gasteiger partial charge in [-0.15, -0.1) is 0 Å². The van der Waals surface area contributed by atoms with E-state index in [4.69, 9.17) is 11.6 Å². The summed E-state index contributed by atoms with van der Waals surface area (Å²) in [5.74, 6) is -0.0415. The van der Waals surface area contributed by atoms with E-state index in [9.17, 15) is 9.90 Å². The maximum atomic E-state index is 12.7. The van der Waals surface area contributed by atoms with Crippen LogP contribution in [0.2, 0.25) is 5.02 Å². The standard InChI is InChI=1S/C15H21ClN2O2/c1-9-8-12(19)13(10(2)14(9)16)15(20)11(3)18-6-4-17-5-7-18/h8,11,17,19H,4-7H2,1-3H3. The zero-order chi connectivity index (χ0) is 14.9. The molecule has 0 bridgehead atoms. The molecule has 5 heteroatoms. The number of piperazine rings is 1. The predicted octanol–water partition coefficient (Wildman–Crippen LogP) is 2.14. The van der Waals surface area contributed by atoms with Crippen LogP contribution in [0.1, 0.15) is 28.4 Å². The molecule has 1 atom stereocenters.